The van der Waals surface area contributed by atoms with Gasteiger partial charge >= 0.3 is 11.8 Å². The average Bonchev–Trinajstić information content (AvgIpc) is 3.62. The molecular formula is C23H12Br2N4O5. The van der Waals surface area contributed by atoms with Gasteiger partial charge in [-0.3, -0.25) is 14.6 Å². The maximum Gasteiger partial charge on any atom is 0.302 e. The number of halogens is 2. The standard InChI is InChI=1S/C23H12Br2N4O5/c24-18-6-4-16(33-18)22(30)29(23(31)17-5-7-19(25)34-17)20-8-2-14(12-28-20)13-1-3-15(27-11-13)21-26-9-10-32-21/h1-12H. The van der Waals surface area contributed by atoms with E-state index in [0.29, 0.717) is 20.9 Å². The lowest BCUT2D eigenvalue weighted by atomic mass is 10.1. The summed E-state index contributed by atoms with van der Waals surface area (Å²) in [5.74, 6) is -0.947. The van der Waals surface area contributed by atoms with Crippen molar-refractivity contribution in [1.82, 2.24) is 15.0 Å². The molecule has 0 spiro atoms. The van der Waals surface area contributed by atoms with Gasteiger partial charge in [-0.1, -0.05) is 6.07 Å². The quantitative estimate of drug-likeness (QED) is 0.231. The molecule has 0 saturated carbocycles. The van der Waals surface area contributed by atoms with E-state index in [1.165, 1.54) is 18.4 Å². The Morgan fingerprint density at radius 2 is 1.35 bits per heavy atom. The minimum Gasteiger partial charge on any atom is -0.444 e. The van der Waals surface area contributed by atoms with Crippen LogP contribution in [0.1, 0.15) is 21.1 Å². The smallest absolute Gasteiger partial charge is 0.302 e. The van der Waals surface area contributed by atoms with Crippen molar-refractivity contribution in [2.24, 2.45) is 0 Å². The molecule has 0 aromatic carbocycles. The Kier molecular flexibility index (Phi) is 5.95. The molecule has 0 bridgehead atoms. The van der Waals surface area contributed by atoms with E-state index < -0.39 is 11.8 Å². The maximum absolute atomic E-state index is 13.2. The molecule has 5 aromatic heterocycles. The zero-order valence-electron chi connectivity index (χ0n) is 17.0. The molecule has 0 aliphatic carbocycles. The van der Waals surface area contributed by atoms with Gasteiger partial charge in [0.25, 0.3) is 0 Å². The largest absolute Gasteiger partial charge is 0.444 e. The van der Waals surface area contributed by atoms with E-state index in [0.717, 1.165) is 16.0 Å². The normalized spacial score (nSPS) is 10.9. The molecular weight excluding hydrogens is 572 g/mol. The monoisotopic (exact) mass is 582 g/mol. The van der Waals surface area contributed by atoms with Crippen LogP contribution < -0.4 is 4.90 Å². The summed E-state index contributed by atoms with van der Waals surface area (Å²) < 4.78 is 16.7. The lowest BCUT2D eigenvalue weighted by Gasteiger charge is -2.18. The molecule has 5 aromatic rings. The van der Waals surface area contributed by atoms with E-state index in [4.69, 9.17) is 13.3 Å². The van der Waals surface area contributed by atoms with Crippen LogP contribution in [0.3, 0.4) is 0 Å². The van der Waals surface area contributed by atoms with E-state index in [9.17, 15) is 9.59 Å². The third-order valence-corrected chi connectivity index (χ3v) is 5.55. The van der Waals surface area contributed by atoms with Crippen LogP contribution in [0.2, 0.25) is 0 Å². The van der Waals surface area contributed by atoms with Gasteiger partial charge in [-0.05, 0) is 74.3 Å². The van der Waals surface area contributed by atoms with Crippen molar-refractivity contribution >= 4 is 49.5 Å². The molecule has 0 aliphatic rings. The minimum absolute atomic E-state index is 0.0388. The summed E-state index contributed by atoms with van der Waals surface area (Å²) >= 11 is 6.33. The Balaban J connectivity index is 1.46. The van der Waals surface area contributed by atoms with E-state index in [2.05, 4.69) is 46.8 Å². The van der Waals surface area contributed by atoms with Crippen LogP contribution in [-0.2, 0) is 0 Å². The van der Waals surface area contributed by atoms with Crippen LogP contribution in [0.4, 0.5) is 5.82 Å². The lowest BCUT2D eigenvalue weighted by Crippen LogP contribution is -2.37. The van der Waals surface area contributed by atoms with Gasteiger partial charge in [-0.25, -0.2) is 14.9 Å². The Bertz CT molecular complexity index is 1410. The molecule has 168 valence electrons. The Morgan fingerprint density at radius 3 is 1.79 bits per heavy atom. The number of anilines is 1. The Hall–Kier alpha value is -3.83. The molecule has 9 nitrogen and oxygen atoms in total. The van der Waals surface area contributed by atoms with E-state index in [1.54, 1.807) is 48.9 Å². The number of oxazole rings is 1. The summed E-state index contributed by atoms with van der Waals surface area (Å²) in [6, 6.07) is 12.9. The molecule has 34 heavy (non-hydrogen) atoms. The third kappa shape index (κ3) is 4.35. The lowest BCUT2D eigenvalue weighted by molar-refractivity contribution is 0.0864. The molecule has 0 radical (unpaired) electrons. The predicted molar refractivity (Wildman–Crippen MR) is 127 cm³/mol. The fourth-order valence-corrected chi connectivity index (χ4v) is 3.72. The second kappa shape index (κ2) is 9.20. The van der Waals surface area contributed by atoms with Gasteiger partial charge in [-0.15, -0.1) is 0 Å². The molecule has 11 heteroatoms. The fraction of sp³-hybridized carbons (Fsp3) is 0. The van der Waals surface area contributed by atoms with Crippen molar-refractivity contribution in [3.63, 3.8) is 0 Å². The van der Waals surface area contributed by atoms with Crippen molar-refractivity contribution in [2.45, 2.75) is 0 Å². The summed E-state index contributed by atoms with van der Waals surface area (Å²) in [5, 5.41) is 0. The summed E-state index contributed by atoms with van der Waals surface area (Å²) in [4.78, 5) is 40.0. The maximum atomic E-state index is 13.2. The van der Waals surface area contributed by atoms with Crippen LogP contribution in [0.5, 0.6) is 0 Å². The highest BCUT2D eigenvalue weighted by Crippen LogP contribution is 2.26. The number of carbonyl (C=O) groups excluding carboxylic acids is 2. The first-order valence-electron chi connectivity index (χ1n) is 9.71. The van der Waals surface area contributed by atoms with Crippen molar-refractivity contribution in [3.05, 3.63) is 94.2 Å². The number of imide groups is 1. The van der Waals surface area contributed by atoms with E-state index >= 15 is 0 Å². The van der Waals surface area contributed by atoms with Crippen LogP contribution in [0, 0.1) is 0 Å². The molecule has 2 amide bonds. The first kappa shape index (κ1) is 22.0. The molecule has 0 unspecified atom stereocenters. The number of hydrogen-bond acceptors (Lipinski definition) is 8. The highest BCUT2D eigenvalue weighted by molar-refractivity contribution is 9.10. The number of pyridine rings is 2. The molecule has 0 N–H and O–H groups in total. The van der Waals surface area contributed by atoms with Gasteiger partial charge in [0.05, 0.1) is 6.20 Å². The molecule has 0 saturated heterocycles. The van der Waals surface area contributed by atoms with E-state index in [-0.39, 0.29) is 17.3 Å². The minimum atomic E-state index is -0.694. The SMILES string of the molecule is O=C(c1ccc(Br)o1)N(C(=O)c1ccc(Br)o1)c1ccc(-c2ccc(-c3ncco3)nc2)cn1. The highest BCUT2D eigenvalue weighted by atomic mass is 79.9. The number of hydrogen-bond donors (Lipinski definition) is 0. The summed E-state index contributed by atoms with van der Waals surface area (Å²) in [7, 11) is 0. The average molecular weight is 584 g/mol. The van der Waals surface area contributed by atoms with Gasteiger partial charge in [-0.2, -0.15) is 0 Å². The number of rotatable bonds is 5. The van der Waals surface area contributed by atoms with Crippen molar-refractivity contribution in [3.8, 4) is 22.7 Å². The van der Waals surface area contributed by atoms with Crippen LogP contribution >= 0.6 is 31.9 Å². The van der Waals surface area contributed by atoms with Gasteiger partial charge in [0.15, 0.2) is 20.9 Å². The van der Waals surface area contributed by atoms with Gasteiger partial charge in [0.2, 0.25) is 5.89 Å². The number of amides is 2. The summed E-state index contributed by atoms with van der Waals surface area (Å²) in [5.41, 5.74) is 2.11. The zero-order valence-corrected chi connectivity index (χ0v) is 20.2. The Morgan fingerprint density at radius 1 is 0.735 bits per heavy atom. The van der Waals surface area contributed by atoms with Crippen LogP contribution in [0.25, 0.3) is 22.7 Å². The van der Waals surface area contributed by atoms with Gasteiger partial charge in [0, 0.05) is 23.5 Å². The molecule has 0 aliphatic heterocycles. The first-order chi connectivity index (χ1) is 16.5. The number of aromatic nitrogens is 3. The number of furan rings is 2. The van der Waals surface area contributed by atoms with Crippen molar-refractivity contribution in [1.29, 1.82) is 0 Å². The number of carbonyl (C=O) groups is 2. The molecule has 5 rings (SSSR count). The van der Waals surface area contributed by atoms with Crippen molar-refractivity contribution < 1.29 is 22.8 Å². The van der Waals surface area contributed by atoms with Crippen molar-refractivity contribution in [2.75, 3.05) is 4.90 Å². The van der Waals surface area contributed by atoms with Gasteiger partial charge < -0.3 is 13.3 Å². The summed E-state index contributed by atoms with van der Waals surface area (Å²) in [6.07, 6.45) is 6.22. The molecule has 5 heterocycles. The molecule has 0 atom stereocenters. The van der Waals surface area contributed by atoms with Crippen LogP contribution in [0.15, 0.2) is 96.0 Å². The van der Waals surface area contributed by atoms with E-state index in [1.807, 2.05) is 6.07 Å². The second-order valence-electron chi connectivity index (χ2n) is 6.83. The Labute approximate surface area is 208 Å². The predicted octanol–water partition coefficient (Wildman–Crippen LogP) is 6.00. The van der Waals surface area contributed by atoms with Crippen LogP contribution in [-0.4, -0.2) is 26.8 Å². The van der Waals surface area contributed by atoms with Gasteiger partial charge in [0.1, 0.15) is 17.8 Å². The first-order valence-corrected chi connectivity index (χ1v) is 11.3. The highest BCUT2D eigenvalue weighted by Gasteiger charge is 2.31. The third-order valence-electron chi connectivity index (χ3n) is 4.70. The topological polar surface area (TPSA) is 115 Å². The summed E-state index contributed by atoms with van der Waals surface area (Å²) in [6.45, 7) is 0. The zero-order chi connectivity index (χ0) is 23.7. The second-order valence-corrected chi connectivity index (χ2v) is 8.39. The number of nitrogens with zero attached hydrogens (tertiary/aromatic N) is 4. The molecule has 0 fully saturated rings. The fourth-order valence-electron chi connectivity index (χ4n) is 3.11.